The van der Waals surface area contributed by atoms with Gasteiger partial charge in [0.15, 0.2) is 0 Å². The molecule has 0 unspecified atom stereocenters. The number of fused-ring (bicyclic) bond motifs is 1. The topological polar surface area (TPSA) is 28.4 Å². The minimum Gasteiger partial charge on any atom is -0.459 e. The molecule has 0 radical (unpaired) electrons. The molecule has 1 fully saturated rings. The molecule has 1 aromatic heterocycles. The average Bonchev–Trinajstić information content (AvgIpc) is 2.76. The van der Waals surface area contributed by atoms with Gasteiger partial charge in [0.05, 0.1) is 6.54 Å². The van der Waals surface area contributed by atoms with E-state index in [1.165, 1.54) is 16.7 Å². The highest BCUT2D eigenvalue weighted by atomic mass is 32.2. The lowest BCUT2D eigenvalue weighted by molar-refractivity contribution is 0.251. The Balaban J connectivity index is 1.89. The Hall–Kier alpha value is -0.970. The summed E-state index contributed by atoms with van der Waals surface area (Å²) in [5.41, 5.74) is 2.35. The van der Waals surface area contributed by atoms with Crippen LogP contribution in [0.3, 0.4) is 0 Å². The van der Waals surface area contributed by atoms with Gasteiger partial charge in [0.25, 0.3) is 0 Å². The van der Waals surface area contributed by atoms with Crippen molar-refractivity contribution in [1.29, 1.82) is 0 Å². The van der Waals surface area contributed by atoms with Gasteiger partial charge in [0, 0.05) is 41.1 Å². The second-order valence-corrected chi connectivity index (χ2v) is 8.15. The molecule has 3 rings (SSSR count). The van der Waals surface area contributed by atoms with Crippen molar-refractivity contribution in [2.24, 2.45) is 0 Å². The van der Waals surface area contributed by atoms with Crippen LogP contribution in [0.2, 0.25) is 0 Å². The molecule has 0 amide bonds. The molecule has 114 valence electrons. The molecule has 1 aliphatic rings. The third-order valence-electron chi connectivity index (χ3n) is 4.01. The lowest BCUT2D eigenvalue weighted by atomic mass is 10.1. The number of nitrogens with one attached hydrogen (secondary N) is 1. The molecular formula is C17H24N2OS. The van der Waals surface area contributed by atoms with E-state index >= 15 is 0 Å². The molecule has 0 spiro atoms. The molecular weight excluding hydrogens is 280 g/mol. The van der Waals surface area contributed by atoms with Crippen LogP contribution in [-0.4, -0.2) is 35.5 Å². The van der Waals surface area contributed by atoms with Gasteiger partial charge in [-0.3, -0.25) is 4.90 Å². The van der Waals surface area contributed by atoms with Crippen molar-refractivity contribution in [2.45, 2.75) is 31.7 Å². The van der Waals surface area contributed by atoms with Gasteiger partial charge >= 0.3 is 0 Å². The van der Waals surface area contributed by atoms with E-state index in [2.05, 4.69) is 54.0 Å². The van der Waals surface area contributed by atoms with Crippen molar-refractivity contribution < 1.29 is 4.42 Å². The van der Waals surface area contributed by atoms with E-state index in [1.54, 1.807) is 0 Å². The number of rotatable bonds is 4. The molecule has 1 aromatic carbocycles. The van der Waals surface area contributed by atoms with Crippen LogP contribution in [0.5, 0.6) is 0 Å². The fourth-order valence-corrected chi connectivity index (χ4v) is 4.27. The largest absolute Gasteiger partial charge is 0.459 e. The van der Waals surface area contributed by atoms with Crippen molar-refractivity contribution in [2.75, 3.05) is 25.9 Å². The Morgan fingerprint density at radius 1 is 1.33 bits per heavy atom. The van der Waals surface area contributed by atoms with Crippen LogP contribution >= 0.6 is 11.8 Å². The monoisotopic (exact) mass is 304 g/mol. The van der Waals surface area contributed by atoms with Crippen LogP contribution in [0.25, 0.3) is 11.0 Å². The molecule has 0 atom stereocenters. The molecule has 0 bridgehead atoms. The van der Waals surface area contributed by atoms with Crippen LogP contribution in [0, 0.1) is 0 Å². The Morgan fingerprint density at radius 3 is 2.90 bits per heavy atom. The highest BCUT2D eigenvalue weighted by Gasteiger charge is 2.28. The Bertz CT molecular complexity index is 620. The van der Waals surface area contributed by atoms with E-state index in [1.807, 2.05) is 13.1 Å². The highest BCUT2D eigenvalue weighted by Crippen LogP contribution is 2.32. The summed E-state index contributed by atoms with van der Waals surface area (Å²) in [5.74, 6) is 2.29. The van der Waals surface area contributed by atoms with Gasteiger partial charge in [-0.05, 0) is 27.0 Å². The molecule has 1 N–H and O–H groups in total. The molecule has 21 heavy (non-hydrogen) atoms. The van der Waals surface area contributed by atoms with E-state index in [0.29, 0.717) is 4.75 Å². The predicted molar refractivity (Wildman–Crippen MR) is 90.8 cm³/mol. The Morgan fingerprint density at radius 2 is 2.14 bits per heavy atom. The SMILES string of the molecule is CNCc1oc2ccccc2c1CN1CCSC(C)(C)C1. The van der Waals surface area contributed by atoms with Gasteiger partial charge in [-0.25, -0.2) is 0 Å². The van der Waals surface area contributed by atoms with Crippen molar-refractivity contribution in [3.8, 4) is 0 Å². The van der Waals surface area contributed by atoms with Crippen molar-refractivity contribution >= 4 is 22.7 Å². The van der Waals surface area contributed by atoms with E-state index < -0.39 is 0 Å². The van der Waals surface area contributed by atoms with Gasteiger partial charge in [-0.2, -0.15) is 11.8 Å². The predicted octanol–water partition coefficient (Wildman–Crippen LogP) is 3.48. The third kappa shape index (κ3) is 3.28. The minimum absolute atomic E-state index is 0.348. The molecule has 2 heterocycles. The van der Waals surface area contributed by atoms with Crippen molar-refractivity contribution in [3.05, 3.63) is 35.6 Å². The normalized spacial score (nSPS) is 19.2. The molecule has 1 saturated heterocycles. The zero-order valence-electron chi connectivity index (χ0n) is 13.1. The maximum Gasteiger partial charge on any atom is 0.134 e. The quantitative estimate of drug-likeness (QED) is 0.936. The van der Waals surface area contributed by atoms with E-state index in [-0.39, 0.29) is 0 Å². The summed E-state index contributed by atoms with van der Waals surface area (Å²) in [7, 11) is 1.97. The average molecular weight is 304 g/mol. The maximum absolute atomic E-state index is 6.04. The van der Waals surface area contributed by atoms with E-state index in [9.17, 15) is 0 Å². The van der Waals surface area contributed by atoms with Gasteiger partial charge in [0.2, 0.25) is 0 Å². The van der Waals surface area contributed by atoms with Crippen LogP contribution < -0.4 is 5.32 Å². The second-order valence-electron chi connectivity index (χ2n) is 6.35. The Kier molecular flexibility index (Phi) is 4.29. The molecule has 1 aliphatic heterocycles. The molecule has 4 heteroatoms. The van der Waals surface area contributed by atoms with Crippen molar-refractivity contribution in [3.63, 3.8) is 0 Å². The van der Waals surface area contributed by atoms with Gasteiger partial charge in [-0.15, -0.1) is 0 Å². The summed E-state index contributed by atoms with van der Waals surface area (Å²) in [6.45, 7) is 8.74. The standard InChI is InChI=1S/C17H24N2OS/c1-17(2)12-19(8-9-21-17)11-14-13-6-4-5-7-15(13)20-16(14)10-18-3/h4-7,18H,8-12H2,1-3H3. The fourth-order valence-electron chi connectivity index (χ4n) is 3.10. The smallest absolute Gasteiger partial charge is 0.134 e. The van der Waals surface area contributed by atoms with Crippen LogP contribution in [0.15, 0.2) is 28.7 Å². The molecule has 3 nitrogen and oxygen atoms in total. The highest BCUT2D eigenvalue weighted by molar-refractivity contribution is 8.00. The first kappa shape index (κ1) is 14.9. The zero-order valence-corrected chi connectivity index (χ0v) is 13.9. The zero-order chi connectivity index (χ0) is 14.9. The summed E-state index contributed by atoms with van der Waals surface area (Å²) >= 11 is 2.08. The summed E-state index contributed by atoms with van der Waals surface area (Å²) in [4.78, 5) is 2.56. The second kappa shape index (κ2) is 6.03. The summed E-state index contributed by atoms with van der Waals surface area (Å²) < 4.78 is 6.39. The minimum atomic E-state index is 0.348. The van der Waals surface area contributed by atoms with Gasteiger partial charge in [0.1, 0.15) is 11.3 Å². The number of furan rings is 1. The number of hydrogen-bond donors (Lipinski definition) is 1. The fraction of sp³-hybridized carbons (Fsp3) is 0.529. The summed E-state index contributed by atoms with van der Waals surface area (Å²) in [5, 5.41) is 4.49. The number of hydrogen-bond acceptors (Lipinski definition) is 4. The summed E-state index contributed by atoms with van der Waals surface area (Å²) in [6, 6.07) is 8.38. The number of nitrogens with zero attached hydrogens (tertiary/aromatic N) is 1. The maximum atomic E-state index is 6.04. The van der Waals surface area contributed by atoms with Gasteiger partial charge in [-0.1, -0.05) is 18.2 Å². The van der Waals surface area contributed by atoms with Crippen molar-refractivity contribution in [1.82, 2.24) is 10.2 Å². The first-order valence-corrected chi connectivity index (χ1v) is 8.58. The van der Waals surface area contributed by atoms with Crippen LogP contribution in [-0.2, 0) is 13.1 Å². The van der Waals surface area contributed by atoms with E-state index in [4.69, 9.17) is 4.42 Å². The Labute approximate surface area is 131 Å². The first-order chi connectivity index (χ1) is 10.1. The number of para-hydroxylation sites is 1. The third-order valence-corrected chi connectivity index (χ3v) is 5.30. The van der Waals surface area contributed by atoms with E-state index in [0.717, 1.165) is 37.5 Å². The lowest BCUT2D eigenvalue weighted by Gasteiger charge is -2.37. The molecule has 2 aromatic rings. The number of benzene rings is 1. The summed E-state index contributed by atoms with van der Waals surface area (Å²) in [6.07, 6.45) is 0. The van der Waals surface area contributed by atoms with Crippen LogP contribution in [0.4, 0.5) is 0 Å². The molecule has 0 aliphatic carbocycles. The molecule has 0 saturated carbocycles. The van der Waals surface area contributed by atoms with Crippen LogP contribution in [0.1, 0.15) is 25.2 Å². The number of thioether (sulfide) groups is 1. The van der Waals surface area contributed by atoms with Gasteiger partial charge < -0.3 is 9.73 Å². The lowest BCUT2D eigenvalue weighted by Crippen LogP contribution is -2.42. The first-order valence-electron chi connectivity index (χ1n) is 7.59.